The molecule has 160 valence electrons. The maximum atomic E-state index is 11.6. The van der Waals surface area contributed by atoms with Crippen molar-refractivity contribution < 1.29 is 9.53 Å². The normalized spacial score (nSPS) is 18.1. The highest BCUT2D eigenvalue weighted by Gasteiger charge is 2.41. The van der Waals surface area contributed by atoms with Crippen LogP contribution in [0.25, 0.3) is 5.69 Å². The summed E-state index contributed by atoms with van der Waals surface area (Å²) in [4.78, 5) is 18.4. The van der Waals surface area contributed by atoms with Crippen LogP contribution in [0, 0.1) is 0 Å². The number of carbonyl (C=O) groups excluding carboxylic acids is 1. The van der Waals surface area contributed by atoms with Crippen LogP contribution in [0.5, 0.6) is 0 Å². The Morgan fingerprint density at radius 2 is 2.00 bits per heavy atom. The van der Waals surface area contributed by atoms with Crippen LogP contribution in [0.15, 0.2) is 71.5 Å². The van der Waals surface area contributed by atoms with Gasteiger partial charge in [0, 0.05) is 41.2 Å². The summed E-state index contributed by atoms with van der Waals surface area (Å²) in [5.41, 5.74) is 3.09. The molecule has 0 bridgehead atoms. The molecule has 8 heteroatoms. The summed E-state index contributed by atoms with van der Waals surface area (Å²) in [5, 5.41) is 4.12. The van der Waals surface area contributed by atoms with Crippen molar-refractivity contribution in [2.75, 3.05) is 13.7 Å². The molecule has 3 aromatic rings. The Morgan fingerprint density at radius 1 is 1.19 bits per heavy atom. The molecule has 31 heavy (non-hydrogen) atoms. The number of rotatable bonds is 7. The van der Waals surface area contributed by atoms with Gasteiger partial charge in [0.05, 0.1) is 24.9 Å². The van der Waals surface area contributed by atoms with E-state index in [0.717, 1.165) is 21.5 Å². The lowest BCUT2D eigenvalue weighted by molar-refractivity contribution is -0.140. The molecule has 6 nitrogen and oxygen atoms in total. The minimum Gasteiger partial charge on any atom is -0.469 e. The Hall–Kier alpha value is -2.71. The molecule has 1 saturated heterocycles. The van der Waals surface area contributed by atoms with Crippen molar-refractivity contribution in [1.29, 1.82) is 0 Å². The van der Waals surface area contributed by atoms with Gasteiger partial charge in [0.1, 0.15) is 0 Å². The van der Waals surface area contributed by atoms with E-state index in [1.807, 2.05) is 36.4 Å². The van der Waals surface area contributed by atoms with Gasteiger partial charge in [0.2, 0.25) is 0 Å². The number of nitrogens with one attached hydrogen (secondary N) is 1. The van der Waals surface area contributed by atoms with Crippen molar-refractivity contribution in [3.05, 3.63) is 82.9 Å². The van der Waals surface area contributed by atoms with Gasteiger partial charge in [-0.1, -0.05) is 22.0 Å². The first-order valence-electron chi connectivity index (χ1n) is 10.1. The number of esters is 1. The molecule has 1 fully saturated rings. The Kier molecular flexibility index (Phi) is 6.67. The van der Waals surface area contributed by atoms with Gasteiger partial charge in [-0.15, -0.1) is 0 Å². The number of benzene rings is 1. The van der Waals surface area contributed by atoms with Gasteiger partial charge in [0.25, 0.3) is 0 Å². The Balaban J connectivity index is 1.70. The zero-order valence-corrected chi connectivity index (χ0v) is 19.5. The van der Waals surface area contributed by atoms with E-state index >= 15 is 0 Å². The standard InChI is InChI=1S/C23H23BrN4O2S/c1-30-20(29)8-5-15-28-22(21(26-23(28)31)18-6-2-3-13-25-18)19-7-4-14-27(19)17-11-9-16(24)10-12-17/h2-4,6-7,9-14,21-22H,5,8,15H2,1H3,(H,26,31)/t21-,22+/m1/s1. The van der Waals surface area contributed by atoms with Crippen LogP contribution in [0.3, 0.4) is 0 Å². The van der Waals surface area contributed by atoms with Crippen molar-refractivity contribution in [2.45, 2.75) is 24.9 Å². The number of thiocarbonyl (C=S) groups is 1. The van der Waals surface area contributed by atoms with Crippen LogP contribution in [0.4, 0.5) is 0 Å². The fraction of sp³-hybridized carbons (Fsp3) is 0.261. The first kappa shape index (κ1) is 21.5. The van der Waals surface area contributed by atoms with Crippen LogP contribution < -0.4 is 5.32 Å². The van der Waals surface area contributed by atoms with Crippen molar-refractivity contribution in [3.63, 3.8) is 0 Å². The summed E-state index contributed by atoms with van der Waals surface area (Å²) in [7, 11) is 1.41. The molecule has 1 aromatic carbocycles. The summed E-state index contributed by atoms with van der Waals surface area (Å²) in [5.74, 6) is -0.214. The predicted molar refractivity (Wildman–Crippen MR) is 127 cm³/mol. The van der Waals surface area contributed by atoms with Crippen LogP contribution >= 0.6 is 28.1 Å². The molecule has 2 atom stereocenters. The molecule has 0 unspecified atom stereocenters. The quantitative estimate of drug-likeness (QED) is 0.380. The van der Waals surface area contributed by atoms with E-state index in [1.54, 1.807) is 6.20 Å². The number of hydrogen-bond donors (Lipinski definition) is 1. The van der Waals surface area contributed by atoms with Crippen LogP contribution in [-0.4, -0.2) is 39.2 Å². The van der Waals surface area contributed by atoms with E-state index in [-0.39, 0.29) is 18.1 Å². The van der Waals surface area contributed by atoms with Crippen molar-refractivity contribution >= 4 is 39.2 Å². The largest absolute Gasteiger partial charge is 0.469 e. The topological polar surface area (TPSA) is 59.4 Å². The molecule has 2 aromatic heterocycles. The van der Waals surface area contributed by atoms with E-state index in [4.69, 9.17) is 17.0 Å². The van der Waals surface area contributed by atoms with E-state index in [1.165, 1.54) is 7.11 Å². The van der Waals surface area contributed by atoms with E-state index < -0.39 is 0 Å². The van der Waals surface area contributed by atoms with E-state index in [0.29, 0.717) is 24.5 Å². The highest BCUT2D eigenvalue weighted by molar-refractivity contribution is 9.10. The second kappa shape index (κ2) is 9.62. The Morgan fingerprint density at radius 3 is 2.71 bits per heavy atom. The number of carbonyl (C=O) groups is 1. The van der Waals surface area contributed by atoms with Gasteiger partial charge in [-0.2, -0.15) is 0 Å². The Labute approximate surface area is 195 Å². The average Bonchev–Trinajstić information content (AvgIpc) is 3.39. The monoisotopic (exact) mass is 498 g/mol. The van der Waals surface area contributed by atoms with Gasteiger partial charge in [0.15, 0.2) is 5.11 Å². The molecule has 1 aliphatic heterocycles. The average molecular weight is 499 g/mol. The smallest absolute Gasteiger partial charge is 0.305 e. The zero-order chi connectivity index (χ0) is 21.8. The second-order valence-electron chi connectivity index (χ2n) is 7.28. The number of methoxy groups -OCH3 is 1. The molecule has 0 amide bonds. The van der Waals surface area contributed by atoms with Gasteiger partial charge < -0.3 is 19.5 Å². The van der Waals surface area contributed by atoms with Crippen LogP contribution in [0.2, 0.25) is 0 Å². The molecular formula is C23H23BrN4O2S. The lowest BCUT2D eigenvalue weighted by Crippen LogP contribution is -2.31. The lowest BCUT2D eigenvalue weighted by atomic mass is 10.0. The minimum atomic E-state index is -0.214. The van der Waals surface area contributed by atoms with E-state index in [2.05, 4.69) is 60.1 Å². The molecule has 0 radical (unpaired) electrons. The summed E-state index contributed by atoms with van der Waals surface area (Å²) in [6.07, 6.45) is 4.86. The fourth-order valence-electron chi connectivity index (χ4n) is 3.94. The first-order valence-corrected chi connectivity index (χ1v) is 11.3. The molecule has 0 aliphatic carbocycles. The zero-order valence-electron chi connectivity index (χ0n) is 17.1. The van der Waals surface area contributed by atoms with Crippen molar-refractivity contribution in [3.8, 4) is 5.69 Å². The molecule has 1 aliphatic rings. The molecule has 0 saturated carbocycles. The molecule has 0 spiro atoms. The lowest BCUT2D eigenvalue weighted by Gasteiger charge is -2.29. The van der Waals surface area contributed by atoms with Gasteiger partial charge in [-0.25, -0.2) is 0 Å². The summed E-state index contributed by atoms with van der Waals surface area (Å²) in [6, 6.07) is 18.1. The second-order valence-corrected chi connectivity index (χ2v) is 8.58. The molecule has 4 rings (SSSR count). The number of pyridine rings is 1. The van der Waals surface area contributed by atoms with E-state index in [9.17, 15) is 4.79 Å². The number of ether oxygens (including phenoxy) is 1. The maximum absolute atomic E-state index is 11.6. The summed E-state index contributed by atoms with van der Waals surface area (Å²) in [6.45, 7) is 0.639. The first-order chi connectivity index (χ1) is 15.1. The van der Waals surface area contributed by atoms with Crippen molar-refractivity contribution in [1.82, 2.24) is 19.8 Å². The van der Waals surface area contributed by atoms with Crippen LogP contribution in [-0.2, 0) is 9.53 Å². The van der Waals surface area contributed by atoms with Gasteiger partial charge in [-0.05, 0) is 67.2 Å². The SMILES string of the molecule is COC(=O)CCCN1C(=S)N[C@H](c2ccccn2)[C@@H]1c1cccn1-c1ccc(Br)cc1. The predicted octanol–water partition coefficient (Wildman–Crippen LogP) is 4.56. The van der Waals surface area contributed by atoms with Gasteiger partial charge in [-0.3, -0.25) is 9.78 Å². The third-order valence-corrected chi connectivity index (χ3v) is 6.27. The summed E-state index contributed by atoms with van der Waals surface area (Å²) < 4.78 is 8.00. The number of hydrogen-bond acceptors (Lipinski definition) is 4. The Bertz CT molecular complexity index is 1050. The number of nitrogens with zero attached hydrogens (tertiary/aromatic N) is 3. The van der Waals surface area contributed by atoms with Crippen molar-refractivity contribution in [2.24, 2.45) is 0 Å². The third-order valence-electron chi connectivity index (χ3n) is 5.39. The van der Waals surface area contributed by atoms with Gasteiger partial charge >= 0.3 is 5.97 Å². The summed E-state index contributed by atoms with van der Waals surface area (Å²) >= 11 is 9.21. The maximum Gasteiger partial charge on any atom is 0.305 e. The molecule has 1 N–H and O–H groups in total. The third kappa shape index (κ3) is 4.65. The van der Waals surface area contributed by atoms with Crippen LogP contribution in [0.1, 0.15) is 36.3 Å². The fourth-order valence-corrected chi connectivity index (χ4v) is 4.53. The highest BCUT2D eigenvalue weighted by atomic mass is 79.9. The molecule has 3 heterocycles. The number of halogens is 1. The molecular weight excluding hydrogens is 476 g/mol. The number of aromatic nitrogens is 2. The highest BCUT2D eigenvalue weighted by Crippen LogP contribution is 2.39. The minimum absolute atomic E-state index is 0.0707.